The van der Waals surface area contributed by atoms with Crippen molar-refractivity contribution in [3.63, 3.8) is 0 Å². The van der Waals surface area contributed by atoms with Crippen LogP contribution in [-0.4, -0.2) is 54.0 Å². The normalized spacial score (nSPS) is 23.5. The molecule has 3 aliphatic heterocycles. The van der Waals surface area contributed by atoms with Gasteiger partial charge in [-0.2, -0.15) is 0 Å². The number of rotatable bonds is 2. The van der Waals surface area contributed by atoms with E-state index in [1.807, 2.05) is 0 Å². The van der Waals surface area contributed by atoms with E-state index in [2.05, 4.69) is 16.0 Å². The highest BCUT2D eigenvalue weighted by atomic mass is 19.1. The Hall–Kier alpha value is -3.01. The number of ether oxygens (including phenoxy) is 1. The smallest absolute Gasteiger partial charge is 0.410 e. The summed E-state index contributed by atoms with van der Waals surface area (Å²) in [6, 6.07) is 0.435. The summed E-state index contributed by atoms with van der Waals surface area (Å²) in [4.78, 5) is 51.2. The second-order valence-electron chi connectivity index (χ2n) is 9.29. The largest absolute Gasteiger partial charge is 0.444 e. The molecular weight excluding hydrogens is 419 g/mol. The molecule has 1 aromatic rings. The minimum Gasteiger partial charge on any atom is -0.444 e. The molecular formula is C22H27FN4O5. The number of hydrogen-bond donors (Lipinski definition) is 3. The Bertz CT molecular complexity index is 1000. The summed E-state index contributed by atoms with van der Waals surface area (Å²) in [5, 5.41) is 8.18. The molecule has 4 rings (SSSR count). The van der Waals surface area contributed by atoms with Crippen LogP contribution in [0, 0.1) is 5.82 Å². The summed E-state index contributed by atoms with van der Waals surface area (Å²) < 4.78 is 21.2. The van der Waals surface area contributed by atoms with Crippen LogP contribution in [0.15, 0.2) is 6.07 Å². The quantitative estimate of drug-likeness (QED) is 0.593. The maximum atomic E-state index is 15.6. The van der Waals surface area contributed by atoms with Crippen molar-refractivity contribution < 1.29 is 28.3 Å². The Labute approximate surface area is 185 Å². The van der Waals surface area contributed by atoms with Gasteiger partial charge in [-0.05, 0) is 44.4 Å². The first-order chi connectivity index (χ1) is 15.1. The molecule has 3 N–H and O–H groups in total. The van der Waals surface area contributed by atoms with Gasteiger partial charge in [0.15, 0.2) is 0 Å². The number of nitrogens with zero attached hydrogens (tertiary/aromatic N) is 1. The van der Waals surface area contributed by atoms with Crippen LogP contribution in [0.25, 0.3) is 0 Å². The molecule has 4 amide bonds. The zero-order valence-corrected chi connectivity index (χ0v) is 18.3. The van der Waals surface area contributed by atoms with Crippen LogP contribution in [0.3, 0.4) is 0 Å². The van der Waals surface area contributed by atoms with Gasteiger partial charge in [0.25, 0.3) is 5.91 Å². The summed E-state index contributed by atoms with van der Waals surface area (Å²) in [5.41, 5.74) is 0.554. The molecule has 0 aliphatic carbocycles. The second-order valence-corrected chi connectivity index (χ2v) is 9.29. The maximum absolute atomic E-state index is 15.6. The lowest BCUT2D eigenvalue weighted by Crippen LogP contribution is -2.51. The molecule has 0 aromatic heterocycles. The lowest BCUT2D eigenvalue weighted by Gasteiger charge is -2.39. The Morgan fingerprint density at radius 1 is 1.22 bits per heavy atom. The van der Waals surface area contributed by atoms with Crippen molar-refractivity contribution in [2.45, 2.75) is 57.7 Å². The average molecular weight is 446 g/mol. The number of carbonyl (C=O) groups is 4. The summed E-state index contributed by atoms with van der Waals surface area (Å²) in [6.07, 6.45) is -0.262. The molecule has 1 aromatic carbocycles. The van der Waals surface area contributed by atoms with Gasteiger partial charge < -0.3 is 15.4 Å². The van der Waals surface area contributed by atoms with E-state index in [4.69, 9.17) is 4.74 Å². The molecule has 32 heavy (non-hydrogen) atoms. The lowest BCUT2D eigenvalue weighted by molar-refractivity contribution is -0.134. The molecule has 2 fully saturated rings. The first-order valence-electron chi connectivity index (χ1n) is 10.7. The van der Waals surface area contributed by atoms with Crippen molar-refractivity contribution in [3.8, 4) is 0 Å². The van der Waals surface area contributed by atoms with Crippen molar-refractivity contribution in [1.82, 2.24) is 20.9 Å². The number of nitrogens with one attached hydrogen (secondary N) is 3. The summed E-state index contributed by atoms with van der Waals surface area (Å²) >= 11 is 0. The fraction of sp³-hybridized carbons (Fsp3) is 0.545. The molecule has 2 unspecified atom stereocenters. The molecule has 2 atom stereocenters. The third-order valence-electron chi connectivity index (χ3n) is 5.93. The molecule has 3 aliphatic rings. The molecule has 2 saturated heterocycles. The zero-order valence-electron chi connectivity index (χ0n) is 18.3. The number of imide groups is 1. The Balaban J connectivity index is 1.84. The fourth-order valence-corrected chi connectivity index (χ4v) is 4.59. The van der Waals surface area contributed by atoms with Gasteiger partial charge in [0, 0.05) is 43.7 Å². The van der Waals surface area contributed by atoms with Gasteiger partial charge in [0.05, 0.1) is 12.0 Å². The van der Waals surface area contributed by atoms with Crippen molar-refractivity contribution in [3.05, 3.63) is 34.1 Å². The molecule has 0 bridgehead atoms. The van der Waals surface area contributed by atoms with E-state index in [9.17, 15) is 19.2 Å². The topological polar surface area (TPSA) is 117 Å². The van der Waals surface area contributed by atoms with Crippen molar-refractivity contribution in [2.24, 2.45) is 0 Å². The van der Waals surface area contributed by atoms with Crippen LogP contribution in [0.4, 0.5) is 9.18 Å². The minimum absolute atomic E-state index is 0.112. The fourth-order valence-electron chi connectivity index (χ4n) is 4.59. The molecule has 0 radical (unpaired) electrons. The predicted molar refractivity (Wildman–Crippen MR) is 111 cm³/mol. The van der Waals surface area contributed by atoms with Gasteiger partial charge in [-0.15, -0.1) is 0 Å². The summed E-state index contributed by atoms with van der Waals surface area (Å²) in [5.74, 6) is -2.79. The highest BCUT2D eigenvalue weighted by Gasteiger charge is 2.41. The molecule has 10 heteroatoms. The van der Waals surface area contributed by atoms with E-state index in [-0.39, 0.29) is 43.0 Å². The number of amides is 4. The number of halogens is 1. The minimum atomic E-state index is -0.803. The van der Waals surface area contributed by atoms with Crippen molar-refractivity contribution in [2.75, 3.05) is 19.6 Å². The van der Waals surface area contributed by atoms with E-state index < -0.39 is 41.3 Å². The number of carbonyl (C=O) groups excluding carboxylic acids is 4. The van der Waals surface area contributed by atoms with E-state index in [0.717, 1.165) is 0 Å². The van der Waals surface area contributed by atoms with Gasteiger partial charge in [-0.3, -0.25) is 24.6 Å². The molecule has 9 nitrogen and oxygen atoms in total. The van der Waals surface area contributed by atoms with Gasteiger partial charge in [-0.25, -0.2) is 9.18 Å². The van der Waals surface area contributed by atoms with Crippen LogP contribution in [-0.2, 0) is 20.9 Å². The Kier molecular flexibility index (Phi) is 5.66. The molecule has 3 heterocycles. The lowest BCUT2D eigenvalue weighted by atomic mass is 9.80. The SMILES string of the molecule is CC(C)(C)OC(=O)N1CCNCC1c1c(F)cc2c(c1C1CCC(=O)NC1=O)CNC2=O. The van der Waals surface area contributed by atoms with Crippen LogP contribution in [0.5, 0.6) is 0 Å². The van der Waals surface area contributed by atoms with Crippen LogP contribution in [0.1, 0.15) is 72.6 Å². The van der Waals surface area contributed by atoms with E-state index >= 15 is 4.39 Å². The average Bonchev–Trinajstić information content (AvgIpc) is 3.06. The molecule has 0 saturated carbocycles. The van der Waals surface area contributed by atoms with Gasteiger partial charge in [0.2, 0.25) is 11.8 Å². The maximum Gasteiger partial charge on any atom is 0.410 e. The number of fused-ring (bicyclic) bond motifs is 1. The second kappa shape index (κ2) is 8.16. The Morgan fingerprint density at radius 3 is 2.66 bits per heavy atom. The van der Waals surface area contributed by atoms with Gasteiger partial charge in [0.1, 0.15) is 11.4 Å². The first-order valence-corrected chi connectivity index (χ1v) is 10.7. The number of piperazine rings is 1. The van der Waals surface area contributed by atoms with Crippen molar-refractivity contribution >= 4 is 23.8 Å². The van der Waals surface area contributed by atoms with E-state index in [1.54, 1.807) is 20.8 Å². The van der Waals surface area contributed by atoms with Crippen LogP contribution < -0.4 is 16.0 Å². The first kappa shape index (κ1) is 22.2. The Morgan fingerprint density at radius 2 is 1.97 bits per heavy atom. The van der Waals surface area contributed by atoms with Crippen LogP contribution >= 0.6 is 0 Å². The summed E-state index contributed by atoms with van der Waals surface area (Å²) in [7, 11) is 0. The monoisotopic (exact) mass is 446 g/mol. The number of piperidine rings is 1. The molecule has 0 spiro atoms. The highest BCUT2D eigenvalue weighted by molar-refractivity contribution is 6.03. The predicted octanol–water partition coefficient (Wildman–Crippen LogP) is 1.47. The third kappa shape index (κ3) is 4.06. The van der Waals surface area contributed by atoms with E-state index in [0.29, 0.717) is 24.2 Å². The van der Waals surface area contributed by atoms with Crippen LogP contribution in [0.2, 0.25) is 0 Å². The number of benzene rings is 1. The third-order valence-corrected chi connectivity index (χ3v) is 5.93. The highest BCUT2D eigenvalue weighted by Crippen LogP contribution is 2.40. The summed E-state index contributed by atoms with van der Waals surface area (Å²) in [6.45, 7) is 6.48. The standard InChI is InChI=1S/C22H27FN4O5/c1-22(2,3)32-21(31)27-7-6-24-10-15(27)18-14(23)8-12-13(9-25-19(12)29)17(18)11-4-5-16(28)26-20(11)30/h8,11,15,24H,4-7,9-10H2,1-3H3,(H,25,29)(H,26,28,30). The van der Waals surface area contributed by atoms with Crippen molar-refractivity contribution in [1.29, 1.82) is 0 Å². The molecule has 172 valence electrons. The van der Waals surface area contributed by atoms with Gasteiger partial charge in [-0.1, -0.05) is 0 Å². The zero-order chi connectivity index (χ0) is 23.2. The van der Waals surface area contributed by atoms with Gasteiger partial charge >= 0.3 is 6.09 Å². The van der Waals surface area contributed by atoms with E-state index in [1.165, 1.54) is 11.0 Å². The number of hydrogen-bond acceptors (Lipinski definition) is 6.